The van der Waals surface area contributed by atoms with Gasteiger partial charge in [-0.2, -0.15) is 0 Å². The predicted molar refractivity (Wildman–Crippen MR) is 51.2 cm³/mol. The summed E-state index contributed by atoms with van der Waals surface area (Å²) in [5, 5.41) is 5.45. The molecule has 1 aliphatic heterocycles. The third-order valence-electron chi connectivity index (χ3n) is 1.80. The maximum atomic E-state index is 13.0. The summed E-state index contributed by atoms with van der Waals surface area (Å²) >= 11 is 3.06. The summed E-state index contributed by atoms with van der Waals surface area (Å²) < 4.78 is 13.3. The van der Waals surface area contributed by atoms with Crippen LogP contribution in [0.1, 0.15) is 0 Å². The number of carbonyl (C=O) groups is 1. The van der Waals surface area contributed by atoms with Crippen LogP contribution in [0.5, 0.6) is 0 Å². The van der Waals surface area contributed by atoms with E-state index in [1.807, 2.05) is 0 Å². The van der Waals surface area contributed by atoms with E-state index in [-0.39, 0.29) is 22.7 Å². The molecule has 1 aromatic rings. The third kappa shape index (κ3) is 1.39. The van der Waals surface area contributed by atoms with Crippen molar-refractivity contribution in [3.8, 4) is 0 Å². The summed E-state index contributed by atoms with van der Waals surface area (Å²) in [6.45, 7) is 0.227. The minimum atomic E-state index is -0.386. The van der Waals surface area contributed by atoms with E-state index >= 15 is 0 Å². The summed E-state index contributed by atoms with van der Waals surface area (Å²) in [5.74, 6) is -0.554. The van der Waals surface area contributed by atoms with Gasteiger partial charge in [-0.3, -0.25) is 4.79 Å². The van der Waals surface area contributed by atoms with Gasteiger partial charge in [-0.1, -0.05) is 0 Å². The number of fused-ring (bicyclic) bond motifs is 1. The molecule has 0 radical (unpaired) electrons. The highest BCUT2D eigenvalue weighted by molar-refractivity contribution is 9.10. The first-order chi connectivity index (χ1) is 6.18. The molecule has 0 saturated heterocycles. The smallest absolute Gasteiger partial charge is 0.243 e. The van der Waals surface area contributed by atoms with Crippen LogP contribution in [0.3, 0.4) is 0 Å². The Bertz CT molecular complexity index is 381. The Balaban J connectivity index is 2.54. The molecule has 0 aliphatic carbocycles. The van der Waals surface area contributed by atoms with E-state index in [9.17, 15) is 9.18 Å². The van der Waals surface area contributed by atoms with Crippen LogP contribution in [0.4, 0.5) is 15.8 Å². The molecule has 5 heteroatoms. The Morgan fingerprint density at radius 3 is 3.00 bits per heavy atom. The number of halogens is 2. The van der Waals surface area contributed by atoms with Crippen LogP contribution in [0, 0.1) is 5.82 Å². The molecule has 1 heterocycles. The lowest BCUT2D eigenvalue weighted by Crippen LogP contribution is -2.27. The first-order valence-corrected chi connectivity index (χ1v) is 4.49. The highest BCUT2D eigenvalue weighted by atomic mass is 79.9. The van der Waals surface area contributed by atoms with E-state index < -0.39 is 0 Å². The Kier molecular flexibility index (Phi) is 1.95. The Labute approximate surface area is 82.4 Å². The van der Waals surface area contributed by atoms with E-state index in [1.165, 1.54) is 6.07 Å². The summed E-state index contributed by atoms with van der Waals surface area (Å²) in [6.07, 6.45) is 0. The van der Waals surface area contributed by atoms with Gasteiger partial charge in [0.15, 0.2) is 0 Å². The molecular formula is C8H6BrFN2O. The second kappa shape index (κ2) is 2.99. The molecule has 0 spiro atoms. The van der Waals surface area contributed by atoms with Gasteiger partial charge in [0.2, 0.25) is 5.91 Å². The van der Waals surface area contributed by atoms with Crippen molar-refractivity contribution >= 4 is 33.2 Å². The molecule has 1 aliphatic rings. The zero-order chi connectivity index (χ0) is 9.42. The van der Waals surface area contributed by atoms with Gasteiger partial charge in [0.1, 0.15) is 5.82 Å². The first kappa shape index (κ1) is 8.50. The summed E-state index contributed by atoms with van der Waals surface area (Å²) in [6, 6.07) is 2.93. The molecular weight excluding hydrogens is 239 g/mol. The molecule has 0 saturated carbocycles. The highest BCUT2D eigenvalue weighted by Gasteiger charge is 2.18. The van der Waals surface area contributed by atoms with E-state index in [0.29, 0.717) is 5.69 Å². The maximum absolute atomic E-state index is 13.0. The van der Waals surface area contributed by atoms with Crippen molar-refractivity contribution in [1.29, 1.82) is 0 Å². The van der Waals surface area contributed by atoms with Crippen LogP contribution >= 0.6 is 15.9 Å². The van der Waals surface area contributed by atoms with Crippen LogP contribution in [-0.4, -0.2) is 12.5 Å². The standard InChI is InChI=1S/C8H6BrFN2O/c9-7-4(10)1-2-5-8(7)12-6(13)3-11-5/h1-2,11H,3H2,(H,12,13). The van der Waals surface area contributed by atoms with Crippen molar-refractivity contribution in [1.82, 2.24) is 0 Å². The van der Waals surface area contributed by atoms with E-state index in [0.717, 1.165) is 5.69 Å². The van der Waals surface area contributed by atoms with Crippen LogP contribution < -0.4 is 10.6 Å². The Morgan fingerprint density at radius 1 is 1.46 bits per heavy atom. The van der Waals surface area contributed by atoms with Crippen molar-refractivity contribution < 1.29 is 9.18 Å². The molecule has 13 heavy (non-hydrogen) atoms. The van der Waals surface area contributed by atoms with Gasteiger partial charge in [0.25, 0.3) is 0 Å². The molecule has 0 fully saturated rings. The monoisotopic (exact) mass is 244 g/mol. The largest absolute Gasteiger partial charge is 0.374 e. The number of hydrogen-bond acceptors (Lipinski definition) is 2. The fourth-order valence-corrected chi connectivity index (χ4v) is 1.62. The van der Waals surface area contributed by atoms with Gasteiger partial charge >= 0.3 is 0 Å². The van der Waals surface area contributed by atoms with Gasteiger partial charge in [0.05, 0.1) is 22.4 Å². The topological polar surface area (TPSA) is 41.1 Å². The number of rotatable bonds is 0. The molecule has 0 unspecified atom stereocenters. The number of nitrogens with one attached hydrogen (secondary N) is 2. The van der Waals surface area contributed by atoms with E-state index in [4.69, 9.17) is 0 Å². The van der Waals surface area contributed by atoms with Crippen molar-refractivity contribution in [2.75, 3.05) is 17.2 Å². The lowest BCUT2D eigenvalue weighted by Gasteiger charge is -2.19. The molecule has 3 nitrogen and oxygen atoms in total. The first-order valence-electron chi connectivity index (χ1n) is 3.70. The van der Waals surface area contributed by atoms with Gasteiger partial charge in [-0.15, -0.1) is 0 Å². The molecule has 68 valence electrons. The van der Waals surface area contributed by atoms with E-state index in [1.54, 1.807) is 6.07 Å². The van der Waals surface area contributed by atoms with Crippen molar-refractivity contribution in [3.63, 3.8) is 0 Å². The minimum absolute atomic E-state index is 0.168. The molecule has 1 aromatic carbocycles. The van der Waals surface area contributed by atoms with Gasteiger partial charge in [0, 0.05) is 0 Å². The second-order valence-electron chi connectivity index (χ2n) is 2.69. The average Bonchev–Trinajstić information content (AvgIpc) is 2.12. The zero-order valence-electron chi connectivity index (χ0n) is 6.53. The van der Waals surface area contributed by atoms with Gasteiger partial charge in [-0.05, 0) is 28.1 Å². The second-order valence-corrected chi connectivity index (χ2v) is 3.48. The number of anilines is 2. The number of amides is 1. The summed E-state index contributed by atoms with van der Waals surface area (Å²) in [5.41, 5.74) is 1.20. The lowest BCUT2D eigenvalue weighted by atomic mass is 10.2. The predicted octanol–water partition coefficient (Wildman–Crippen LogP) is 1.95. The Hall–Kier alpha value is -1.10. The van der Waals surface area contributed by atoms with Crippen molar-refractivity contribution in [2.24, 2.45) is 0 Å². The molecule has 0 aromatic heterocycles. The fourth-order valence-electron chi connectivity index (χ4n) is 1.18. The summed E-state index contributed by atoms with van der Waals surface area (Å²) in [4.78, 5) is 11.0. The lowest BCUT2D eigenvalue weighted by molar-refractivity contribution is -0.114. The number of hydrogen-bond donors (Lipinski definition) is 2. The fraction of sp³-hybridized carbons (Fsp3) is 0.125. The van der Waals surface area contributed by atoms with Gasteiger partial charge in [-0.25, -0.2) is 4.39 Å². The summed E-state index contributed by atoms with van der Waals surface area (Å²) in [7, 11) is 0. The third-order valence-corrected chi connectivity index (χ3v) is 2.57. The van der Waals surface area contributed by atoms with Crippen LogP contribution in [0.2, 0.25) is 0 Å². The highest BCUT2D eigenvalue weighted by Crippen LogP contribution is 2.34. The molecule has 0 bridgehead atoms. The molecule has 2 rings (SSSR count). The van der Waals surface area contributed by atoms with Gasteiger partial charge < -0.3 is 10.6 Å². The number of benzene rings is 1. The Morgan fingerprint density at radius 2 is 2.23 bits per heavy atom. The van der Waals surface area contributed by atoms with E-state index in [2.05, 4.69) is 26.6 Å². The van der Waals surface area contributed by atoms with Crippen molar-refractivity contribution in [3.05, 3.63) is 22.4 Å². The minimum Gasteiger partial charge on any atom is -0.374 e. The zero-order valence-corrected chi connectivity index (χ0v) is 8.11. The van der Waals surface area contributed by atoms with Crippen LogP contribution in [0.15, 0.2) is 16.6 Å². The quantitative estimate of drug-likeness (QED) is 0.733. The number of carbonyl (C=O) groups excluding carboxylic acids is 1. The normalized spacial score (nSPS) is 14.5. The molecule has 0 atom stereocenters. The average molecular weight is 245 g/mol. The van der Waals surface area contributed by atoms with Crippen molar-refractivity contribution in [2.45, 2.75) is 0 Å². The van der Waals surface area contributed by atoms with Crippen LogP contribution in [-0.2, 0) is 4.79 Å². The molecule has 1 amide bonds. The molecule has 2 N–H and O–H groups in total. The van der Waals surface area contributed by atoms with Crippen LogP contribution in [0.25, 0.3) is 0 Å². The maximum Gasteiger partial charge on any atom is 0.243 e. The SMILES string of the molecule is O=C1CNc2ccc(F)c(Br)c2N1.